The number of rotatable bonds is 3. The molecule has 0 radical (unpaired) electrons. The van der Waals surface area contributed by atoms with E-state index in [0.29, 0.717) is 6.17 Å². The lowest BCUT2D eigenvalue weighted by Gasteiger charge is -2.53. The molecule has 0 amide bonds. The molecule has 2 nitrogen and oxygen atoms in total. The summed E-state index contributed by atoms with van der Waals surface area (Å²) in [7, 11) is 0. The van der Waals surface area contributed by atoms with Gasteiger partial charge < -0.3 is 9.80 Å². The third kappa shape index (κ3) is 2.89. The van der Waals surface area contributed by atoms with Crippen molar-refractivity contribution in [2.75, 3.05) is 4.90 Å². The first-order valence-corrected chi connectivity index (χ1v) is 12.2. The highest BCUT2D eigenvalue weighted by atomic mass is 15.5. The van der Waals surface area contributed by atoms with Crippen LogP contribution in [0.5, 0.6) is 0 Å². The minimum atomic E-state index is 0.244. The summed E-state index contributed by atoms with van der Waals surface area (Å²) < 4.78 is 0. The van der Waals surface area contributed by atoms with Gasteiger partial charge in [0.05, 0.1) is 11.2 Å². The van der Waals surface area contributed by atoms with Gasteiger partial charge in [0.15, 0.2) is 0 Å². The molecule has 2 fully saturated rings. The number of hydrogen-bond donors (Lipinski definition) is 0. The Kier molecular flexibility index (Phi) is 5.00. The van der Waals surface area contributed by atoms with E-state index in [-0.39, 0.29) is 5.54 Å². The zero-order chi connectivity index (χ0) is 20.0. The van der Waals surface area contributed by atoms with Crippen LogP contribution in [0.15, 0.2) is 47.8 Å². The van der Waals surface area contributed by atoms with E-state index in [2.05, 4.69) is 67.0 Å². The van der Waals surface area contributed by atoms with Crippen molar-refractivity contribution in [1.29, 1.82) is 0 Å². The Balaban J connectivity index is 1.58. The average molecular weight is 391 g/mol. The van der Waals surface area contributed by atoms with Crippen molar-refractivity contribution in [2.45, 2.75) is 96.7 Å². The Morgan fingerprint density at radius 2 is 1.41 bits per heavy atom. The molecule has 0 N–H and O–H groups in total. The average Bonchev–Trinajstić information content (AvgIpc) is 3.28. The zero-order valence-corrected chi connectivity index (χ0v) is 18.7. The van der Waals surface area contributed by atoms with Crippen LogP contribution >= 0.6 is 0 Å². The van der Waals surface area contributed by atoms with Crippen molar-refractivity contribution >= 4 is 5.69 Å². The highest BCUT2D eigenvalue weighted by molar-refractivity contribution is 5.63. The summed E-state index contributed by atoms with van der Waals surface area (Å²) in [5.74, 6) is 1.64. The first-order valence-electron chi connectivity index (χ1n) is 12.2. The molecule has 1 aromatic carbocycles. The molecule has 0 bridgehead atoms. The molecule has 1 unspecified atom stereocenters. The molecule has 5 rings (SSSR count). The number of aryl methyl sites for hydroxylation is 1. The molecular formula is C27H38N2. The Morgan fingerprint density at radius 3 is 2.00 bits per heavy atom. The van der Waals surface area contributed by atoms with E-state index in [1.165, 1.54) is 86.9 Å². The number of nitrogens with zero attached hydrogens (tertiary/aromatic N) is 2. The molecule has 2 saturated carbocycles. The van der Waals surface area contributed by atoms with Gasteiger partial charge in [-0.1, -0.05) is 62.8 Å². The van der Waals surface area contributed by atoms with Crippen LogP contribution < -0.4 is 4.90 Å². The van der Waals surface area contributed by atoms with Crippen LogP contribution in [0.4, 0.5) is 5.69 Å². The molecule has 0 spiro atoms. The summed E-state index contributed by atoms with van der Waals surface area (Å²) in [5, 5.41) is 0. The van der Waals surface area contributed by atoms with Crippen molar-refractivity contribution in [3.8, 4) is 0 Å². The second kappa shape index (κ2) is 7.52. The third-order valence-corrected chi connectivity index (χ3v) is 8.56. The largest absolute Gasteiger partial charge is 0.340 e. The van der Waals surface area contributed by atoms with Crippen LogP contribution in [0.1, 0.15) is 83.6 Å². The number of anilines is 1. The van der Waals surface area contributed by atoms with Crippen molar-refractivity contribution in [1.82, 2.24) is 4.90 Å². The maximum atomic E-state index is 2.89. The van der Waals surface area contributed by atoms with E-state index in [0.717, 1.165) is 11.8 Å². The van der Waals surface area contributed by atoms with Gasteiger partial charge >= 0.3 is 0 Å². The van der Waals surface area contributed by atoms with E-state index < -0.39 is 0 Å². The predicted octanol–water partition coefficient (Wildman–Crippen LogP) is 7.16. The highest BCUT2D eigenvalue weighted by Gasteiger charge is 2.55. The molecule has 156 valence electrons. The van der Waals surface area contributed by atoms with Gasteiger partial charge in [-0.3, -0.25) is 0 Å². The summed E-state index contributed by atoms with van der Waals surface area (Å²) in [6.45, 7) is 7.06. The Hall–Kier alpha value is -1.70. The number of fused-ring (bicyclic) bond motifs is 1. The molecule has 0 saturated heterocycles. The molecule has 1 aromatic rings. The second-order valence-electron chi connectivity index (χ2n) is 10.0. The number of benzene rings is 1. The van der Waals surface area contributed by atoms with Crippen LogP contribution in [0.3, 0.4) is 0 Å². The van der Waals surface area contributed by atoms with Crippen LogP contribution in [-0.2, 0) is 0 Å². The van der Waals surface area contributed by atoms with Gasteiger partial charge in [0.25, 0.3) is 0 Å². The van der Waals surface area contributed by atoms with Crippen molar-refractivity contribution < 1.29 is 0 Å². The van der Waals surface area contributed by atoms with Gasteiger partial charge in [0.1, 0.15) is 6.17 Å². The molecule has 2 heteroatoms. The minimum Gasteiger partial charge on any atom is -0.340 e. The van der Waals surface area contributed by atoms with E-state index in [1.54, 1.807) is 0 Å². The monoisotopic (exact) mass is 390 g/mol. The standard InChI is InChI=1S/C27H38N2/c1-20-12-10-11-17-25(20)28-21(2)26-18-19-27(29(26)22(28)3,23-13-6-4-7-14-23)24-15-8-5-9-16-24/h10-12,17-19,22-24H,4-9,13-16H2,1-3H3. The van der Waals surface area contributed by atoms with Crippen molar-refractivity contribution in [2.24, 2.45) is 11.8 Å². The van der Waals surface area contributed by atoms with Gasteiger partial charge in [-0.15, -0.1) is 0 Å². The van der Waals surface area contributed by atoms with Gasteiger partial charge in [-0.25, -0.2) is 0 Å². The molecule has 2 heterocycles. The highest BCUT2D eigenvalue weighted by Crippen LogP contribution is 2.55. The van der Waals surface area contributed by atoms with E-state index >= 15 is 0 Å². The summed E-state index contributed by atoms with van der Waals surface area (Å²) in [6.07, 6.45) is 19.8. The molecule has 0 aromatic heterocycles. The summed E-state index contributed by atoms with van der Waals surface area (Å²) in [6, 6.07) is 8.93. The summed E-state index contributed by atoms with van der Waals surface area (Å²) in [5.41, 5.74) is 5.95. The second-order valence-corrected chi connectivity index (χ2v) is 10.0. The molecule has 2 aliphatic carbocycles. The molecule has 1 atom stereocenters. The number of hydrogen-bond acceptors (Lipinski definition) is 2. The van der Waals surface area contributed by atoms with Gasteiger partial charge in [0, 0.05) is 11.4 Å². The molecule has 29 heavy (non-hydrogen) atoms. The maximum Gasteiger partial charge on any atom is 0.104 e. The third-order valence-electron chi connectivity index (χ3n) is 8.56. The van der Waals surface area contributed by atoms with Crippen LogP contribution in [-0.4, -0.2) is 16.6 Å². The summed E-state index contributed by atoms with van der Waals surface area (Å²) in [4.78, 5) is 5.51. The van der Waals surface area contributed by atoms with Crippen molar-refractivity contribution in [3.05, 3.63) is 53.4 Å². The van der Waals surface area contributed by atoms with Crippen molar-refractivity contribution in [3.63, 3.8) is 0 Å². The molecule has 2 aliphatic heterocycles. The summed E-state index contributed by atoms with van der Waals surface area (Å²) >= 11 is 0. The van der Waals surface area contributed by atoms with E-state index in [4.69, 9.17) is 0 Å². The Bertz CT molecular complexity index is 790. The number of para-hydroxylation sites is 1. The normalized spacial score (nSPS) is 27.8. The minimum absolute atomic E-state index is 0.244. The molecule has 4 aliphatic rings. The topological polar surface area (TPSA) is 6.48 Å². The zero-order valence-electron chi connectivity index (χ0n) is 18.7. The van der Waals surface area contributed by atoms with Crippen LogP contribution in [0.25, 0.3) is 0 Å². The van der Waals surface area contributed by atoms with Gasteiger partial charge in [-0.2, -0.15) is 0 Å². The predicted molar refractivity (Wildman–Crippen MR) is 123 cm³/mol. The molecular weight excluding hydrogens is 352 g/mol. The van der Waals surface area contributed by atoms with Gasteiger partial charge in [-0.05, 0) is 76.0 Å². The first kappa shape index (κ1) is 19.3. The quantitative estimate of drug-likeness (QED) is 0.540. The smallest absolute Gasteiger partial charge is 0.104 e. The SMILES string of the molecule is CC1=C2C=CC(C3CCCCC3)(C3CCCCC3)N2C(C)N1c1ccccc1C. The van der Waals surface area contributed by atoms with Crippen LogP contribution in [0.2, 0.25) is 0 Å². The fourth-order valence-corrected chi connectivity index (χ4v) is 7.27. The van der Waals surface area contributed by atoms with E-state index in [9.17, 15) is 0 Å². The lowest BCUT2D eigenvalue weighted by Crippen LogP contribution is -2.59. The van der Waals surface area contributed by atoms with Crippen LogP contribution in [0, 0.1) is 18.8 Å². The maximum absolute atomic E-state index is 2.89. The first-order chi connectivity index (χ1) is 14.1. The lowest BCUT2D eigenvalue weighted by atomic mass is 9.64. The fraction of sp³-hybridized carbons (Fsp3) is 0.630. The fourth-order valence-electron chi connectivity index (χ4n) is 7.27. The Labute approximate surface area is 177 Å². The lowest BCUT2D eigenvalue weighted by molar-refractivity contribution is 0.0111. The number of allylic oxidation sites excluding steroid dienone is 2. The van der Waals surface area contributed by atoms with E-state index in [1.807, 2.05) is 0 Å². The Morgan fingerprint density at radius 1 is 0.828 bits per heavy atom. The van der Waals surface area contributed by atoms with Gasteiger partial charge in [0.2, 0.25) is 0 Å².